The van der Waals surface area contributed by atoms with Crippen LogP contribution in [-0.4, -0.2) is 6.36 Å². The van der Waals surface area contributed by atoms with Gasteiger partial charge in [-0.15, -0.1) is 24.5 Å². The van der Waals surface area contributed by atoms with Crippen molar-refractivity contribution >= 4 is 11.3 Å². The fraction of sp³-hybridized carbons (Fsp3) is 0.167. The van der Waals surface area contributed by atoms with Gasteiger partial charge in [-0.3, -0.25) is 0 Å². The molecule has 1 aromatic heterocycles. The lowest BCUT2D eigenvalue weighted by atomic mass is 10.1. The predicted molar refractivity (Wildman–Crippen MR) is 63.5 cm³/mol. The van der Waals surface area contributed by atoms with Gasteiger partial charge in [0.05, 0.1) is 6.04 Å². The lowest BCUT2D eigenvalue weighted by molar-refractivity contribution is -0.274. The van der Waals surface area contributed by atoms with Crippen molar-refractivity contribution in [2.75, 3.05) is 0 Å². The van der Waals surface area contributed by atoms with Gasteiger partial charge in [0.25, 0.3) is 0 Å². The minimum absolute atomic E-state index is 0.258. The van der Waals surface area contributed by atoms with E-state index in [-0.39, 0.29) is 5.75 Å². The van der Waals surface area contributed by atoms with Crippen molar-refractivity contribution in [1.82, 2.24) is 0 Å². The largest absolute Gasteiger partial charge is 0.573 e. The van der Waals surface area contributed by atoms with E-state index in [9.17, 15) is 13.2 Å². The normalized spacial score (nSPS) is 13.3. The summed E-state index contributed by atoms with van der Waals surface area (Å²) in [6.45, 7) is 0. The average molecular weight is 273 g/mol. The summed E-state index contributed by atoms with van der Waals surface area (Å²) >= 11 is 1.39. The molecule has 0 spiro atoms. The summed E-state index contributed by atoms with van der Waals surface area (Å²) in [6.07, 6.45) is -4.72. The molecule has 0 fully saturated rings. The van der Waals surface area contributed by atoms with Gasteiger partial charge in [-0.25, -0.2) is 0 Å². The summed E-state index contributed by atoms with van der Waals surface area (Å²) in [5.41, 5.74) is 6.26. The van der Waals surface area contributed by atoms with E-state index in [0.717, 1.165) is 4.88 Å². The van der Waals surface area contributed by atoms with E-state index in [4.69, 9.17) is 5.73 Å². The second-order valence-corrected chi connectivity index (χ2v) is 4.56. The zero-order valence-electron chi connectivity index (χ0n) is 9.15. The first-order valence-electron chi connectivity index (χ1n) is 5.11. The number of thiophene rings is 1. The first-order valence-corrected chi connectivity index (χ1v) is 5.99. The summed E-state index contributed by atoms with van der Waals surface area (Å²) in [7, 11) is 0. The van der Waals surface area contributed by atoms with Crippen LogP contribution in [0.5, 0.6) is 5.75 Å². The van der Waals surface area contributed by atoms with Crippen LogP contribution in [0.4, 0.5) is 13.2 Å². The van der Waals surface area contributed by atoms with Crippen LogP contribution < -0.4 is 10.5 Å². The van der Waals surface area contributed by atoms with Crippen molar-refractivity contribution < 1.29 is 17.9 Å². The van der Waals surface area contributed by atoms with Crippen LogP contribution in [0.3, 0.4) is 0 Å². The fourth-order valence-corrected chi connectivity index (χ4v) is 2.32. The molecule has 1 heterocycles. The molecule has 0 saturated heterocycles. The minimum atomic E-state index is -4.72. The highest BCUT2D eigenvalue weighted by Crippen LogP contribution is 2.33. The Morgan fingerprint density at radius 2 is 1.83 bits per heavy atom. The molecule has 1 aromatic carbocycles. The van der Waals surface area contributed by atoms with Crippen LogP contribution in [0.2, 0.25) is 0 Å². The molecule has 2 N–H and O–H groups in total. The molecule has 2 nitrogen and oxygen atoms in total. The molecule has 0 aliphatic carbocycles. The quantitative estimate of drug-likeness (QED) is 0.925. The molecule has 1 atom stereocenters. The number of hydrogen-bond donors (Lipinski definition) is 1. The van der Waals surface area contributed by atoms with Crippen molar-refractivity contribution in [2.24, 2.45) is 5.73 Å². The van der Waals surface area contributed by atoms with Gasteiger partial charge < -0.3 is 10.5 Å². The third kappa shape index (κ3) is 3.02. The number of hydrogen-bond acceptors (Lipinski definition) is 3. The SMILES string of the molecule is N[C@H](c1cccs1)c1ccccc1OC(F)(F)F. The van der Waals surface area contributed by atoms with Gasteiger partial charge in [0, 0.05) is 10.4 Å². The smallest absolute Gasteiger partial charge is 0.405 e. The lowest BCUT2D eigenvalue weighted by Gasteiger charge is -2.16. The predicted octanol–water partition coefficient (Wildman–Crippen LogP) is 3.69. The second-order valence-electron chi connectivity index (χ2n) is 3.58. The Balaban J connectivity index is 2.33. The van der Waals surface area contributed by atoms with E-state index >= 15 is 0 Å². The Morgan fingerprint density at radius 3 is 2.44 bits per heavy atom. The molecule has 0 aliphatic heterocycles. The molecule has 2 rings (SSSR count). The molecule has 96 valence electrons. The Labute approximate surface area is 106 Å². The van der Waals surface area contributed by atoms with Gasteiger partial charge in [-0.05, 0) is 17.5 Å². The van der Waals surface area contributed by atoms with Gasteiger partial charge in [0.15, 0.2) is 0 Å². The number of para-hydroxylation sites is 1. The summed E-state index contributed by atoms with van der Waals surface area (Å²) in [5, 5.41) is 1.82. The van der Waals surface area contributed by atoms with E-state index in [2.05, 4.69) is 4.74 Å². The molecule has 0 unspecified atom stereocenters. The van der Waals surface area contributed by atoms with Crippen molar-refractivity contribution in [3.63, 3.8) is 0 Å². The minimum Gasteiger partial charge on any atom is -0.405 e. The van der Waals surface area contributed by atoms with Crippen LogP contribution in [0.15, 0.2) is 41.8 Å². The Kier molecular flexibility index (Phi) is 3.58. The molecule has 0 aliphatic rings. The average Bonchev–Trinajstić information content (AvgIpc) is 2.80. The lowest BCUT2D eigenvalue weighted by Crippen LogP contribution is -2.20. The van der Waals surface area contributed by atoms with Crippen LogP contribution in [0.25, 0.3) is 0 Å². The van der Waals surface area contributed by atoms with Gasteiger partial charge in [0.1, 0.15) is 5.75 Å². The maximum atomic E-state index is 12.3. The zero-order valence-corrected chi connectivity index (χ0v) is 9.96. The van der Waals surface area contributed by atoms with Crippen molar-refractivity contribution in [1.29, 1.82) is 0 Å². The monoisotopic (exact) mass is 273 g/mol. The summed E-state index contributed by atoms with van der Waals surface area (Å²) in [5.74, 6) is -0.258. The maximum absolute atomic E-state index is 12.3. The first kappa shape index (κ1) is 12.9. The van der Waals surface area contributed by atoms with Crippen LogP contribution in [0, 0.1) is 0 Å². The standard InChI is InChI=1S/C12H10F3NOS/c13-12(14,15)17-9-5-2-1-4-8(9)11(16)10-6-3-7-18-10/h1-7,11H,16H2/t11-/m0/s1. The number of alkyl halides is 3. The molecule has 0 radical (unpaired) electrons. The van der Waals surface area contributed by atoms with Crippen LogP contribution in [-0.2, 0) is 0 Å². The second kappa shape index (κ2) is 4.99. The van der Waals surface area contributed by atoms with E-state index in [1.807, 2.05) is 5.38 Å². The Morgan fingerprint density at radius 1 is 1.11 bits per heavy atom. The summed E-state index contributed by atoms with van der Waals surface area (Å²) in [4.78, 5) is 0.785. The van der Waals surface area contributed by atoms with Crippen molar-refractivity contribution in [2.45, 2.75) is 12.4 Å². The molecule has 0 bridgehead atoms. The van der Waals surface area contributed by atoms with Gasteiger partial charge in [-0.2, -0.15) is 0 Å². The van der Waals surface area contributed by atoms with Crippen LogP contribution >= 0.6 is 11.3 Å². The Hall–Kier alpha value is -1.53. The molecule has 18 heavy (non-hydrogen) atoms. The Bertz CT molecular complexity index is 510. The van der Waals surface area contributed by atoms with E-state index in [1.165, 1.54) is 29.5 Å². The fourth-order valence-electron chi connectivity index (χ4n) is 1.58. The third-order valence-corrected chi connectivity index (χ3v) is 3.28. The molecule has 2 aromatic rings. The van der Waals surface area contributed by atoms with Gasteiger partial charge in [0.2, 0.25) is 0 Å². The number of nitrogens with two attached hydrogens (primary N) is 1. The molecule has 6 heteroatoms. The molecule has 0 amide bonds. The van der Waals surface area contributed by atoms with Crippen LogP contribution in [0.1, 0.15) is 16.5 Å². The van der Waals surface area contributed by atoms with Gasteiger partial charge in [-0.1, -0.05) is 24.3 Å². The van der Waals surface area contributed by atoms with E-state index in [0.29, 0.717) is 5.56 Å². The van der Waals surface area contributed by atoms with Gasteiger partial charge >= 0.3 is 6.36 Å². The zero-order chi connectivity index (χ0) is 13.2. The summed E-state index contributed by atoms with van der Waals surface area (Å²) < 4.78 is 40.8. The highest BCUT2D eigenvalue weighted by Gasteiger charge is 2.32. The van der Waals surface area contributed by atoms with Crippen molar-refractivity contribution in [3.05, 3.63) is 52.2 Å². The highest BCUT2D eigenvalue weighted by atomic mass is 32.1. The number of ether oxygens (including phenoxy) is 1. The number of rotatable bonds is 3. The van der Waals surface area contributed by atoms with E-state index in [1.54, 1.807) is 18.2 Å². The van der Waals surface area contributed by atoms with E-state index < -0.39 is 12.4 Å². The van der Waals surface area contributed by atoms with Crippen molar-refractivity contribution in [3.8, 4) is 5.75 Å². The maximum Gasteiger partial charge on any atom is 0.573 e. The third-order valence-electron chi connectivity index (χ3n) is 2.33. The number of benzene rings is 1. The summed E-state index contributed by atoms with van der Waals surface area (Å²) in [6, 6.07) is 8.86. The first-order chi connectivity index (χ1) is 8.47. The highest BCUT2D eigenvalue weighted by molar-refractivity contribution is 7.10. The topological polar surface area (TPSA) is 35.2 Å². The molecular weight excluding hydrogens is 263 g/mol. The molecule has 0 saturated carbocycles. The molecular formula is C12H10F3NOS. The number of halogens is 3.